The van der Waals surface area contributed by atoms with E-state index < -0.39 is 17.9 Å². The van der Waals surface area contributed by atoms with Gasteiger partial charge in [-0.1, -0.05) is 0 Å². The van der Waals surface area contributed by atoms with Crippen LogP contribution in [-0.2, 0) is 14.3 Å². The Morgan fingerprint density at radius 3 is 2.85 bits per heavy atom. The Bertz CT molecular complexity index is 414. The van der Waals surface area contributed by atoms with Crippen molar-refractivity contribution in [1.29, 1.82) is 0 Å². The number of hydrogen-bond acceptors (Lipinski definition) is 4. The molecule has 0 aromatic carbocycles. The first-order chi connectivity index (χ1) is 9.54. The smallest absolute Gasteiger partial charge is 0.320 e. The fraction of sp³-hybridized carbons (Fsp3) is 0.750. The molecule has 2 fully saturated rings. The lowest BCUT2D eigenvalue weighted by Crippen LogP contribution is -2.57. The lowest BCUT2D eigenvalue weighted by Gasteiger charge is -2.36. The van der Waals surface area contributed by atoms with Crippen LogP contribution in [0.3, 0.4) is 0 Å². The summed E-state index contributed by atoms with van der Waals surface area (Å²) < 4.78 is 5.20. The Balaban J connectivity index is 2.08. The Hall–Kier alpha value is -1.83. The van der Waals surface area contributed by atoms with Crippen LogP contribution in [-0.4, -0.2) is 78.2 Å². The quantitative estimate of drug-likeness (QED) is 0.690. The molecule has 8 nitrogen and oxygen atoms in total. The monoisotopic (exact) mass is 285 g/mol. The highest BCUT2D eigenvalue weighted by Crippen LogP contribution is 2.21. The highest BCUT2D eigenvalue weighted by molar-refractivity contribution is 5.85. The number of ether oxygens (including phenoxy) is 1. The molecular formula is C12H19N3O5. The number of carboxylic acids is 1. The number of likely N-dealkylation sites (N-methyl/N-ethyl adjacent to an activating group) is 1. The molecule has 2 saturated heterocycles. The zero-order chi connectivity index (χ0) is 14.7. The SMILES string of the molecule is CCN(C(=O)N1CCNC(=O)C1)C1COCC1C(=O)O. The largest absolute Gasteiger partial charge is 0.481 e. The molecule has 0 radical (unpaired) electrons. The van der Waals surface area contributed by atoms with E-state index in [4.69, 9.17) is 9.84 Å². The fourth-order valence-corrected chi connectivity index (χ4v) is 2.58. The third-order valence-electron chi connectivity index (χ3n) is 3.66. The maximum Gasteiger partial charge on any atom is 0.320 e. The van der Waals surface area contributed by atoms with Gasteiger partial charge in [0.25, 0.3) is 0 Å². The predicted molar refractivity (Wildman–Crippen MR) is 68.1 cm³/mol. The average Bonchev–Trinajstić information content (AvgIpc) is 2.89. The highest BCUT2D eigenvalue weighted by atomic mass is 16.5. The fourth-order valence-electron chi connectivity index (χ4n) is 2.58. The normalized spacial score (nSPS) is 26.2. The van der Waals surface area contributed by atoms with Crippen LogP contribution in [0.1, 0.15) is 6.92 Å². The van der Waals surface area contributed by atoms with Crippen molar-refractivity contribution >= 4 is 17.9 Å². The van der Waals surface area contributed by atoms with Crippen LogP contribution in [0.2, 0.25) is 0 Å². The number of hydrogen-bond donors (Lipinski definition) is 2. The van der Waals surface area contributed by atoms with Crippen LogP contribution in [0.25, 0.3) is 0 Å². The number of piperazine rings is 1. The molecule has 2 atom stereocenters. The number of urea groups is 1. The summed E-state index contributed by atoms with van der Waals surface area (Å²) in [6.07, 6.45) is 0. The first-order valence-electron chi connectivity index (χ1n) is 6.67. The van der Waals surface area contributed by atoms with Gasteiger partial charge in [-0.05, 0) is 6.92 Å². The molecule has 2 N–H and O–H groups in total. The van der Waals surface area contributed by atoms with Crippen molar-refractivity contribution in [1.82, 2.24) is 15.1 Å². The summed E-state index contributed by atoms with van der Waals surface area (Å²) in [4.78, 5) is 37.9. The van der Waals surface area contributed by atoms with Gasteiger partial charge in [0.05, 0.1) is 19.3 Å². The number of rotatable bonds is 3. The van der Waals surface area contributed by atoms with E-state index in [9.17, 15) is 14.4 Å². The van der Waals surface area contributed by atoms with Gasteiger partial charge in [0, 0.05) is 19.6 Å². The van der Waals surface area contributed by atoms with Crippen LogP contribution in [0, 0.1) is 5.92 Å². The zero-order valence-corrected chi connectivity index (χ0v) is 11.4. The number of carbonyl (C=O) groups is 3. The molecule has 8 heteroatoms. The van der Waals surface area contributed by atoms with Crippen LogP contribution in [0.5, 0.6) is 0 Å². The standard InChI is InChI=1S/C12H19N3O5/c1-2-15(9-7-20-6-8(9)11(17)18)12(19)14-4-3-13-10(16)5-14/h8-9H,2-7H2,1H3,(H,13,16)(H,17,18). The van der Waals surface area contributed by atoms with Gasteiger partial charge in [-0.2, -0.15) is 0 Å². The average molecular weight is 285 g/mol. The molecule has 0 aromatic rings. The zero-order valence-electron chi connectivity index (χ0n) is 11.4. The Morgan fingerprint density at radius 1 is 1.50 bits per heavy atom. The van der Waals surface area contributed by atoms with E-state index in [0.29, 0.717) is 19.6 Å². The van der Waals surface area contributed by atoms with Gasteiger partial charge < -0.3 is 25.0 Å². The van der Waals surface area contributed by atoms with E-state index in [1.165, 1.54) is 9.80 Å². The molecule has 2 rings (SSSR count). The molecule has 2 aliphatic rings. The molecule has 2 unspecified atom stereocenters. The number of carbonyl (C=O) groups excluding carboxylic acids is 2. The first kappa shape index (κ1) is 14.6. The first-order valence-corrected chi connectivity index (χ1v) is 6.67. The third kappa shape index (κ3) is 2.84. The molecule has 2 heterocycles. The lowest BCUT2D eigenvalue weighted by molar-refractivity contribution is -0.143. The molecule has 20 heavy (non-hydrogen) atoms. The van der Waals surface area contributed by atoms with Gasteiger partial charge in [-0.3, -0.25) is 9.59 Å². The van der Waals surface area contributed by atoms with E-state index in [1.807, 2.05) is 0 Å². The molecule has 2 aliphatic heterocycles. The van der Waals surface area contributed by atoms with Crippen LogP contribution in [0.15, 0.2) is 0 Å². The van der Waals surface area contributed by atoms with E-state index in [2.05, 4.69) is 5.32 Å². The van der Waals surface area contributed by atoms with Crippen molar-refractivity contribution in [3.63, 3.8) is 0 Å². The van der Waals surface area contributed by atoms with Crippen molar-refractivity contribution in [3.8, 4) is 0 Å². The third-order valence-corrected chi connectivity index (χ3v) is 3.66. The lowest BCUT2D eigenvalue weighted by atomic mass is 10.0. The summed E-state index contributed by atoms with van der Waals surface area (Å²) in [7, 11) is 0. The molecule has 0 aliphatic carbocycles. The van der Waals surface area contributed by atoms with E-state index in [0.717, 1.165) is 0 Å². The second-order valence-electron chi connectivity index (χ2n) is 4.89. The summed E-state index contributed by atoms with van der Waals surface area (Å²) in [6, 6.07) is -0.779. The maximum absolute atomic E-state index is 12.5. The Kier molecular flexibility index (Phi) is 4.43. The summed E-state index contributed by atoms with van der Waals surface area (Å²) in [5.41, 5.74) is 0. The Labute approximate surface area is 116 Å². The number of carboxylic acid groups (broad SMARTS) is 1. The van der Waals surface area contributed by atoms with Crippen molar-refractivity contribution in [3.05, 3.63) is 0 Å². The van der Waals surface area contributed by atoms with Crippen molar-refractivity contribution in [2.45, 2.75) is 13.0 Å². The highest BCUT2D eigenvalue weighted by Gasteiger charge is 2.41. The second kappa shape index (κ2) is 6.08. The summed E-state index contributed by atoms with van der Waals surface area (Å²) in [5, 5.41) is 11.8. The molecule has 0 aromatic heterocycles. The summed E-state index contributed by atoms with van der Waals surface area (Å²) in [6.45, 7) is 3.38. The van der Waals surface area contributed by atoms with Crippen molar-refractivity contribution in [2.75, 3.05) is 39.4 Å². The molecule has 0 spiro atoms. The molecule has 0 saturated carbocycles. The minimum atomic E-state index is -0.963. The van der Waals surface area contributed by atoms with Crippen LogP contribution < -0.4 is 5.32 Å². The number of amides is 3. The molecule has 112 valence electrons. The summed E-state index contributed by atoms with van der Waals surface area (Å²) in [5.74, 6) is -1.87. The molecule has 0 bridgehead atoms. The number of aliphatic carboxylic acids is 1. The van der Waals surface area contributed by atoms with Gasteiger partial charge in [-0.25, -0.2) is 4.79 Å². The topological polar surface area (TPSA) is 99.2 Å². The van der Waals surface area contributed by atoms with E-state index in [-0.39, 0.29) is 31.7 Å². The Morgan fingerprint density at radius 2 is 2.25 bits per heavy atom. The van der Waals surface area contributed by atoms with Crippen LogP contribution >= 0.6 is 0 Å². The summed E-state index contributed by atoms with van der Waals surface area (Å²) >= 11 is 0. The number of nitrogens with zero attached hydrogens (tertiary/aromatic N) is 2. The maximum atomic E-state index is 12.5. The van der Waals surface area contributed by atoms with Gasteiger partial charge >= 0.3 is 12.0 Å². The molecule has 3 amide bonds. The minimum absolute atomic E-state index is 0.0145. The molecular weight excluding hydrogens is 266 g/mol. The van der Waals surface area contributed by atoms with Gasteiger partial charge in [0.15, 0.2) is 0 Å². The second-order valence-corrected chi connectivity index (χ2v) is 4.89. The van der Waals surface area contributed by atoms with Crippen molar-refractivity contribution in [2.24, 2.45) is 5.92 Å². The van der Waals surface area contributed by atoms with Gasteiger partial charge in [0.2, 0.25) is 5.91 Å². The van der Waals surface area contributed by atoms with Crippen LogP contribution in [0.4, 0.5) is 4.79 Å². The van der Waals surface area contributed by atoms with E-state index >= 15 is 0 Å². The predicted octanol–water partition coefficient (Wildman–Crippen LogP) is -1.04. The van der Waals surface area contributed by atoms with Gasteiger partial charge in [-0.15, -0.1) is 0 Å². The minimum Gasteiger partial charge on any atom is -0.481 e. The van der Waals surface area contributed by atoms with Crippen molar-refractivity contribution < 1.29 is 24.2 Å². The van der Waals surface area contributed by atoms with Gasteiger partial charge in [0.1, 0.15) is 12.5 Å². The number of nitrogens with one attached hydrogen (secondary N) is 1. The van der Waals surface area contributed by atoms with E-state index in [1.54, 1.807) is 6.92 Å².